The lowest BCUT2D eigenvalue weighted by Gasteiger charge is -2.14. The van der Waals surface area contributed by atoms with Crippen molar-refractivity contribution >= 4 is 45.7 Å². The topological polar surface area (TPSA) is 30.0 Å². The molecule has 0 saturated carbocycles. The van der Waals surface area contributed by atoms with Crippen LogP contribution >= 0.6 is 22.9 Å². The van der Waals surface area contributed by atoms with Crippen LogP contribution in [0.25, 0.3) is 28.1 Å². The van der Waals surface area contributed by atoms with Gasteiger partial charge in [-0.15, -0.1) is 11.3 Å². The lowest BCUT2D eigenvalue weighted by molar-refractivity contribution is 0.104. The van der Waals surface area contributed by atoms with E-state index >= 15 is 0 Å². The normalized spacial score (nSPS) is 11.4. The molecule has 0 amide bonds. The molecule has 0 aliphatic rings. The summed E-state index contributed by atoms with van der Waals surface area (Å²) in [6.07, 6.45) is 3.53. The number of pyridine rings is 1. The summed E-state index contributed by atoms with van der Waals surface area (Å²) in [4.78, 5) is 19.0. The number of carbonyl (C=O) groups excluding carboxylic acids is 1. The number of ketones is 1. The number of thiophene rings is 1. The highest BCUT2D eigenvalue weighted by atomic mass is 35.5. The molecule has 0 saturated heterocycles. The van der Waals surface area contributed by atoms with Gasteiger partial charge in [0.1, 0.15) is 0 Å². The van der Waals surface area contributed by atoms with Crippen LogP contribution < -0.4 is 0 Å². The Morgan fingerprint density at radius 2 is 1.86 bits per heavy atom. The number of aromatic nitrogens is 1. The number of hydrogen-bond acceptors (Lipinski definition) is 3. The molecule has 0 radical (unpaired) electrons. The highest BCUT2D eigenvalue weighted by Gasteiger charge is 2.19. The van der Waals surface area contributed by atoms with Gasteiger partial charge in [0.25, 0.3) is 0 Å². The predicted octanol–water partition coefficient (Wildman–Crippen LogP) is 7.13. The van der Waals surface area contributed by atoms with Gasteiger partial charge in [-0.3, -0.25) is 9.78 Å². The maximum Gasteiger partial charge on any atom is 0.188 e. The van der Waals surface area contributed by atoms with Crippen molar-refractivity contribution < 1.29 is 4.79 Å². The van der Waals surface area contributed by atoms with Crippen molar-refractivity contribution in [3.63, 3.8) is 0 Å². The summed E-state index contributed by atoms with van der Waals surface area (Å²) < 4.78 is 0. The summed E-state index contributed by atoms with van der Waals surface area (Å²) in [6, 6.07) is 17.6. The molecule has 2 heterocycles. The van der Waals surface area contributed by atoms with Gasteiger partial charge in [-0.2, -0.15) is 0 Å². The number of aryl methyl sites for hydroxylation is 2. The standard InChI is InChI=1S/C24H18ClNOS/c1-15-12-13-28-22(15)11-10-21(27)23-16(2)26-20-9-8-18(25)14-19(20)24(23)17-6-4-3-5-7-17/h3-14H,1-2H3. The van der Waals surface area contributed by atoms with Crippen LogP contribution in [-0.4, -0.2) is 10.8 Å². The molecule has 0 unspecified atom stereocenters. The molecule has 0 N–H and O–H groups in total. The van der Waals surface area contributed by atoms with E-state index < -0.39 is 0 Å². The predicted molar refractivity (Wildman–Crippen MR) is 119 cm³/mol. The first-order valence-corrected chi connectivity index (χ1v) is 10.2. The first-order valence-electron chi connectivity index (χ1n) is 8.96. The van der Waals surface area contributed by atoms with E-state index in [1.165, 1.54) is 0 Å². The highest BCUT2D eigenvalue weighted by Crippen LogP contribution is 2.35. The Balaban J connectivity index is 1.94. The molecular formula is C24H18ClNOS. The SMILES string of the molecule is Cc1ccsc1C=CC(=O)c1c(C)nc2ccc(Cl)cc2c1-c1ccccc1. The van der Waals surface area contributed by atoms with Crippen molar-refractivity contribution in [1.29, 1.82) is 0 Å². The maximum absolute atomic E-state index is 13.2. The van der Waals surface area contributed by atoms with Crippen LogP contribution in [0.2, 0.25) is 5.02 Å². The lowest BCUT2D eigenvalue weighted by atomic mass is 9.92. The van der Waals surface area contributed by atoms with E-state index in [0.717, 1.165) is 32.5 Å². The van der Waals surface area contributed by atoms with Crippen molar-refractivity contribution in [3.8, 4) is 11.1 Å². The zero-order chi connectivity index (χ0) is 19.7. The lowest BCUT2D eigenvalue weighted by Crippen LogP contribution is -2.05. The monoisotopic (exact) mass is 403 g/mol. The van der Waals surface area contributed by atoms with Gasteiger partial charge in [0, 0.05) is 26.5 Å². The molecule has 2 nitrogen and oxygen atoms in total. The molecule has 2 aromatic carbocycles. The van der Waals surface area contributed by atoms with Crippen LogP contribution in [0.4, 0.5) is 0 Å². The number of benzene rings is 2. The third-order valence-electron chi connectivity index (χ3n) is 4.72. The summed E-state index contributed by atoms with van der Waals surface area (Å²) >= 11 is 7.89. The molecule has 2 aromatic heterocycles. The van der Waals surface area contributed by atoms with E-state index in [1.54, 1.807) is 17.4 Å². The van der Waals surface area contributed by atoms with Gasteiger partial charge >= 0.3 is 0 Å². The minimum atomic E-state index is -0.0569. The molecule has 4 heteroatoms. The summed E-state index contributed by atoms with van der Waals surface area (Å²) in [7, 11) is 0. The fourth-order valence-corrected chi connectivity index (χ4v) is 4.35. The molecule has 0 aliphatic heterocycles. The summed E-state index contributed by atoms with van der Waals surface area (Å²) in [5, 5.41) is 3.53. The summed E-state index contributed by atoms with van der Waals surface area (Å²) in [5.41, 5.74) is 5.18. The first kappa shape index (κ1) is 18.6. The smallest absolute Gasteiger partial charge is 0.188 e. The van der Waals surface area contributed by atoms with Crippen LogP contribution in [0.3, 0.4) is 0 Å². The molecule has 0 bridgehead atoms. The minimum absolute atomic E-state index is 0.0569. The van der Waals surface area contributed by atoms with E-state index in [1.807, 2.05) is 73.8 Å². The van der Waals surface area contributed by atoms with E-state index in [-0.39, 0.29) is 5.78 Å². The van der Waals surface area contributed by atoms with Gasteiger partial charge in [-0.25, -0.2) is 0 Å². The average Bonchev–Trinajstić information content (AvgIpc) is 3.11. The van der Waals surface area contributed by atoms with Crippen molar-refractivity contribution in [2.45, 2.75) is 13.8 Å². The number of halogens is 1. The van der Waals surface area contributed by atoms with Crippen molar-refractivity contribution in [3.05, 3.63) is 92.8 Å². The van der Waals surface area contributed by atoms with Gasteiger partial charge in [0.2, 0.25) is 0 Å². The largest absolute Gasteiger partial charge is 0.289 e. The zero-order valence-electron chi connectivity index (χ0n) is 15.6. The second kappa shape index (κ2) is 7.70. The van der Waals surface area contributed by atoms with Crippen LogP contribution in [0, 0.1) is 13.8 Å². The molecule has 0 spiro atoms. The number of carbonyl (C=O) groups is 1. The molecule has 4 rings (SSSR count). The van der Waals surface area contributed by atoms with Gasteiger partial charge in [-0.05, 0) is 66.8 Å². The van der Waals surface area contributed by atoms with E-state index in [9.17, 15) is 4.79 Å². The fraction of sp³-hybridized carbons (Fsp3) is 0.0833. The van der Waals surface area contributed by atoms with Crippen LogP contribution in [0.1, 0.15) is 26.5 Å². The maximum atomic E-state index is 13.2. The van der Waals surface area contributed by atoms with E-state index in [2.05, 4.69) is 11.1 Å². The molecule has 4 aromatic rings. The Labute approximate surface area is 173 Å². The van der Waals surface area contributed by atoms with Crippen molar-refractivity contribution in [2.24, 2.45) is 0 Å². The third-order valence-corrected chi connectivity index (χ3v) is 5.94. The number of rotatable bonds is 4. The van der Waals surface area contributed by atoms with Crippen molar-refractivity contribution in [1.82, 2.24) is 4.98 Å². The second-order valence-corrected chi connectivity index (χ2v) is 8.02. The summed E-state index contributed by atoms with van der Waals surface area (Å²) in [6.45, 7) is 3.93. The molecule has 0 atom stereocenters. The Kier molecular flexibility index (Phi) is 5.12. The number of hydrogen-bond donors (Lipinski definition) is 0. The molecule has 0 aliphatic carbocycles. The molecule has 28 heavy (non-hydrogen) atoms. The summed E-state index contributed by atoms with van der Waals surface area (Å²) in [5.74, 6) is -0.0569. The van der Waals surface area contributed by atoms with Crippen LogP contribution in [0.15, 0.2) is 66.1 Å². The van der Waals surface area contributed by atoms with Crippen molar-refractivity contribution in [2.75, 3.05) is 0 Å². The number of allylic oxidation sites excluding steroid dienone is 1. The van der Waals surface area contributed by atoms with Gasteiger partial charge in [0.05, 0.1) is 11.1 Å². The Bertz CT molecular complexity index is 1210. The minimum Gasteiger partial charge on any atom is -0.289 e. The Morgan fingerprint density at radius 1 is 1.07 bits per heavy atom. The van der Waals surface area contributed by atoms with Crippen LogP contribution in [0.5, 0.6) is 0 Å². The number of fused-ring (bicyclic) bond motifs is 1. The van der Waals surface area contributed by atoms with Gasteiger partial charge < -0.3 is 0 Å². The Hall–Kier alpha value is -2.75. The molecular weight excluding hydrogens is 386 g/mol. The second-order valence-electron chi connectivity index (χ2n) is 6.64. The van der Waals surface area contributed by atoms with E-state index in [0.29, 0.717) is 16.3 Å². The van der Waals surface area contributed by atoms with Gasteiger partial charge in [0.15, 0.2) is 5.78 Å². The zero-order valence-corrected chi connectivity index (χ0v) is 17.1. The van der Waals surface area contributed by atoms with Crippen LogP contribution in [-0.2, 0) is 0 Å². The first-order chi connectivity index (χ1) is 13.5. The molecule has 0 fully saturated rings. The number of nitrogens with zero attached hydrogens (tertiary/aromatic N) is 1. The quantitative estimate of drug-likeness (QED) is 0.268. The Morgan fingerprint density at radius 3 is 2.57 bits per heavy atom. The van der Waals surface area contributed by atoms with E-state index in [4.69, 9.17) is 11.6 Å². The highest BCUT2D eigenvalue weighted by molar-refractivity contribution is 7.11. The van der Waals surface area contributed by atoms with Gasteiger partial charge in [-0.1, -0.05) is 41.9 Å². The third kappa shape index (κ3) is 3.51. The average molecular weight is 404 g/mol. The molecule has 138 valence electrons. The fourth-order valence-electron chi connectivity index (χ4n) is 3.35.